The highest BCUT2D eigenvalue weighted by atomic mass is 16.6. The molecule has 0 aliphatic carbocycles. The highest BCUT2D eigenvalue weighted by molar-refractivity contribution is 5.37. The van der Waals surface area contributed by atoms with Crippen LogP contribution in [-0.2, 0) is 11.4 Å². The molecule has 4 heteroatoms. The van der Waals surface area contributed by atoms with E-state index in [1.54, 1.807) is 7.11 Å². The second kappa shape index (κ2) is 6.05. The number of methoxy groups -OCH3 is 1. The monoisotopic (exact) mass is 245 g/mol. The maximum atomic E-state index is 5.73. The Kier molecular flexibility index (Phi) is 4.17. The van der Waals surface area contributed by atoms with E-state index in [0.717, 1.165) is 22.8 Å². The first-order chi connectivity index (χ1) is 8.81. The molecule has 0 saturated heterocycles. The predicted octanol–water partition coefficient (Wildman–Crippen LogP) is 2.88. The van der Waals surface area contributed by atoms with Crippen molar-refractivity contribution in [3.8, 4) is 17.2 Å². The molecule has 2 aromatic rings. The van der Waals surface area contributed by atoms with Gasteiger partial charge in [0, 0.05) is 6.07 Å². The Morgan fingerprint density at radius 2 is 1.61 bits per heavy atom. The van der Waals surface area contributed by atoms with Crippen LogP contribution in [0.1, 0.15) is 5.56 Å². The van der Waals surface area contributed by atoms with Gasteiger partial charge >= 0.3 is 0 Å². The molecule has 0 spiro atoms. The van der Waals surface area contributed by atoms with Crippen LogP contribution in [0.15, 0.2) is 48.5 Å². The molecule has 0 fully saturated rings. The van der Waals surface area contributed by atoms with Gasteiger partial charge in [-0.15, -0.1) is 0 Å². The van der Waals surface area contributed by atoms with Crippen LogP contribution in [0, 0.1) is 0 Å². The van der Waals surface area contributed by atoms with Gasteiger partial charge in [-0.1, -0.05) is 18.2 Å². The number of rotatable bonds is 5. The fraction of sp³-hybridized carbons (Fsp3) is 0.143. The SMILES string of the molecule is COc1cccc(Oc2cccc(CON)c2)c1. The lowest BCUT2D eigenvalue weighted by molar-refractivity contribution is 0.124. The van der Waals surface area contributed by atoms with Gasteiger partial charge in [-0.05, 0) is 29.8 Å². The summed E-state index contributed by atoms with van der Waals surface area (Å²) in [6, 6.07) is 15.0. The Balaban J connectivity index is 2.14. The first-order valence-electron chi connectivity index (χ1n) is 5.54. The van der Waals surface area contributed by atoms with E-state index in [2.05, 4.69) is 4.84 Å². The standard InChI is InChI=1S/C14H15NO3/c1-16-12-5-3-7-14(9-12)18-13-6-2-4-11(8-13)10-17-15/h2-9H,10,15H2,1H3. The van der Waals surface area contributed by atoms with E-state index in [1.165, 1.54) is 0 Å². The molecule has 0 aromatic heterocycles. The normalized spacial score (nSPS) is 10.1. The number of hydrogen-bond donors (Lipinski definition) is 1. The van der Waals surface area contributed by atoms with E-state index in [9.17, 15) is 0 Å². The molecule has 0 unspecified atom stereocenters. The molecule has 2 N–H and O–H groups in total. The van der Waals surface area contributed by atoms with E-state index in [0.29, 0.717) is 6.61 Å². The van der Waals surface area contributed by atoms with Gasteiger partial charge in [-0.25, -0.2) is 5.90 Å². The van der Waals surface area contributed by atoms with Crippen molar-refractivity contribution < 1.29 is 14.3 Å². The van der Waals surface area contributed by atoms with Gasteiger partial charge in [0.05, 0.1) is 13.7 Å². The maximum absolute atomic E-state index is 5.73. The number of hydrogen-bond acceptors (Lipinski definition) is 4. The summed E-state index contributed by atoms with van der Waals surface area (Å²) in [6.07, 6.45) is 0. The van der Waals surface area contributed by atoms with E-state index >= 15 is 0 Å². The quantitative estimate of drug-likeness (QED) is 0.823. The van der Waals surface area contributed by atoms with Crippen molar-refractivity contribution in [3.05, 3.63) is 54.1 Å². The number of nitrogens with two attached hydrogens (primary N) is 1. The lowest BCUT2D eigenvalue weighted by Gasteiger charge is -2.08. The third-order valence-electron chi connectivity index (χ3n) is 2.43. The summed E-state index contributed by atoms with van der Waals surface area (Å²) in [6.45, 7) is 0.356. The van der Waals surface area contributed by atoms with Gasteiger partial charge in [-0.3, -0.25) is 4.84 Å². The molecule has 0 radical (unpaired) electrons. The van der Waals surface area contributed by atoms with E-state index in [4.69, 9.17) is 15.4 Å². The zero-order chi connectivity index (χ0) is 12.8. The highest BCUT2D eigenvalue weighted by Crippen LogP contribution is 2.25. The lowest BCUT2D eigenvalue weighted by atomic mass is 10.2. The summed E-state index contributed by atoms with van der Waals surface area (Å²) in [7, 11) is 1.62. The Morgan fingerprint density at radius 3 is 2.33 bits per heavy atom. The second-order valence-corrected chi connectivity index (χ2v) is 3.74. The van der Waals surface area contributed by atoms with Crippen molar-refractivity contribution in [2.24, 2.45) is 5.90 Å². The number of ether oxygens (including phenoxy) is 2. The molecular weight excluding hydrogens is 230 g/mol. The Bertz CT molecular complexity index is 514. The van der Waals surface area contributed by atoms with Crippen LogP contribution in [0.3, 0.4) is 0 Å². The summed E-state index contributed by atoms with van der Waals surface area (Å²) < 4.78 is 10.9. The average Bonchev–Trinajstić information content (AvgIpc) is 2.40. The van der Waals surface area contributed by atoms with Crippen LogP contribution in [0.25, 0.3) is 0 Å². The summed E-state index contributed by atoms with van der Waals surface area (Å²) in [5.41, 5.74) is 0.956. The van der Waals surface area contributed by atoms with Crippen LogP contribution < -0.4 is 15.4 Å². The van der Waals surface area contributed by atoms with Crippen molar-refractivity contribution in [3.63, 3.8) is 0 Å². The fourth-order valence-electron chi connectivity index (χ4n) is 1.60. The second-order valence-electron chi connectivity index (χ2n) is 3.74. The zero-order valence-electron chi connectivity index (χ0n) is 10.1. The van der Waals surface area contributed by atoms with Crippen LogP contribution in [-0.4, -0.2) is 7.11 Å². The molecule has 0 aliphatic rings. The van der Waals surface area contributed by atoms with Crippen LogP contribution in [0.2, 0.25) is 0 Å². The molecule has 0 amide bonds. The minimum absolute atomic E-state index is 0.356. The van der Waals surface area contributed by atoms with Crippen LogP contribution in [0.4, 0.5) is 0 Å². The van der Waals surface area contributed by atoms with Gasteiger partial charge in [0.2, 0.25) is 0 Å². The van der Waals surface area contributed by atoms with E-state index in [-0.39, 0.29) is 0 Å². The first kappa shape index (κ1) is 12.4. The molecule has 18 heavy (non-hydrogen) atoms. The molecule has 0 atom stereocenters. The van der Waals surface area contributed by atoms with Gasteiger partial charge in [0.15, 0.2) is 0 Å². The smallest absolute Gasteiger partial charge is 0.131 e. The third kappa shape index (κ3) is 3.23. The summed E-state index contributed by atoms with van der Waals surface area (Å²) in [5, 5.41) is 0. The largest absolute Gasteiger partial charge is 0.497 e. The highest BCUT2D eigenvalue weighted by Gasteiger charge is 2.00. The van der Waals surface area contributed by atoms with Crippen LogP contribution in [0.5, 0.6) is 17.2 Å². The molecule has 94 valence electrons. The molecule has 2 aromatic carbocycles. The first-order valence-corrected chi connectivity index (χ1v) is 5.54. The summed E-state index contributed by atoms with van der Waals surface area (Å²) in [5.74, 6) is 7.26. The summed E-state index contributed by atoms with van der Waals surface area (Å²) in [4.78, 5) is 4.59. The predicted molar refractivity (Wildman–Crippen MR) is 68.5 cm³/mol. The van der Waals surface area contributed by atoms with E-state index in [1.807, 2.05) is 48.5 Å². The topological polar surface area (TPSA) is 53.7 Å². The average molecular weight is 245 g/mol. The van der Waals surface area contributed by atoms with Crippen molar-refractivity contribution in [2.45, 2.75) is 6.61 Å². The Hall–Kier alpha value is -2.04. The van der Waals surface area contributed by atoms with Crippen molar-refractivity contribution in [2.75, 3.05) is 7.11 Å². The molecule has 0 bridgehead atoms. The minimum Gasteiger partial charge on any atom is -0.497 e. The van der Waals surface area contributed by atoms with Gasteiger partial charge in [0.1, 0.15) is 17.2 Å². The van der Waals surface area contributed by atoms with Crippen molar-refractivity contribution in [1.82, 2.24) is 0 Å². The van der Waals surface area contributed by atoms with Gasteiger partial charge in [-0.2, -0.15) is 0 Å². The van der Waals surface area contributed by atoms with Gasteiger partial charge in [0.25, 0.3) is 0 Å². The lowest BCUT2D eigenvalue weighted by Crippen LogP contribution is -1.98. The van der Waals surface area contributed by atoms with Crippen molar-refractivity contribution >= 4 is 0 Å². The molecule has 0 aliphatic heterocycles. The third-order valence-corrected chi connectivity index (χ3v) is 2.43. The zero-order valence-corrected chi connectivity index (χ0v) is 10.1. The van der Waals surface area contributed by atoms with Crippen molar-refractivity contribution in [1.29, 1.82) is 0 Å². The fourth-order valence-corrected chi connectivity index (χ4v) is 1.60. The maximum Gasteiger partial charge on any atom is 0.131 e. The Labute approximate surface area is 106 Å². The molecule has 2 rings (SSSR count). The summed E-state index contributed by atoms with van der Waals surface area (Å²) >= 11 is 0. The molecule has 0 heterocycles. The van der Waals surface area contributed by atoms with Gasteiger partial charge < -0.3 is 9.47 Å². The van der Waals surface area contributed by atoms with E-state index < -0.39 is 0 Å². The minimum atomic E-state index is 0.356. The Morgan fingerprint density at radius 1 is 0.944 bits per heavy atom. The molecular formula is C14H15NO3. The number of benzene rings is 2. The molecule has 0 saturated carbocycles. The molecule has 4 nitrogen and oxygen atoms in total. The van der Waals surface area contributed by atoms with Crippen LogP contribution >= 0.6 is 0 Å².